The third-order valence-electron chi connectivity index (χ3n) is 2.16. The number of anilines is 1. The maximum absolute atomic E-state index is 8.60. The summed E-state index contributed by atoms with van der Waals surface area (Å²) in [5.74, 6) is 0. The summed E-state index contributed by atoms with van der Waals surface area (Å²) in [5, 5.41) is 9.49. The monoisotopic (exact) mass is 217 g/mol. The van der Waals surface area contributed by atoms with E-state index in [9.17, 15) is 0 Å². The molecule has 15 heavy (non-hydrogen) atoms. The second-order valence-corrected chi connectivity index (χ2v) is 4.60. The molecule has 0 saturated heterocycles. The maximum atomic E-state index is 8.60. The average Bonchev–Trinajstić information content (AvgIpc) is 2.59. The quantitative estimate of drug-likeness (QED) is 0.775. The Morgan fingerprint density at radius 1 is 1.47 bits per heavy atom. The summed E-state index contributed by atoms with van der Waals surface area (Å²) < 4.78 is 1.14. The maximum Gasteiger partial charge on any atom is 0.108 e. The van der Waals surface area contributed by atoms with Crippen LogP contribution in [0.4, 0.5) is 5.69 Å². The summed E-state index contributed by atoms with van der Waals surface area (Å²) in [6.45, 7) is 0. The molecule has 3 nitrogen and oxygen atoms in total. The van der Waals surface area contributed by atoms with Crippen LogP contribution >= 0.6 is 11.3 Å². The smallest absolute Gasteiger partial charge is 0.108 e. The van der Waals surface area contributed by atoms with Crippen molar-refractivity contribution in [2.75, 3.05) is 19.0 Å². The molecule has 0 radical (unpaired) electrons. The molecule has 0 N–H and O–H groups in total. The van der Waals surface area contributed by atoms with E-state index in [1.165, 1.54) is 0 Å². The number of rotatable bonds is 2. The van der Waals surface area contributed by atoms with Crippen molar-refractivity contribution in [2.45, 2.75) is 6.42 Å². The van der Waals surface area contributed by atoms with Crippen molar-refractivity contribution in [1.29, 1.82) is 5.26 Å². The van der Waals surface area contributed by atoms with Crippen LogP contribution in [0.3, 0.4) is 0 Å². The third-order valence-corrected chi connectivity index (χ3v) is 3.18. The molecule has 0 bridgehead atoms. The van der Waals surface area contributed by atoms with E-state index in [0.29, 0.717) is 6.42 Å². The molecule has 1 aromatic carbocycles. The van der Waals surface area contributed by atoms with Gasteiger partial charge in [-0.2, -0.15) is 5.26 Å². The molecule has 0 aliphatic rings. The molecule has 2 aromatic rings. The minimum atomic E-state index is 0.399. The van der Waals surface area contributed by atoms with Crippen molar-refractivity contribution >= 4 is 27.2 Å². The molecule has 0 amide bonds. The lowest BCUT2D eigenvalue weighted by Gasteiger charge is -2.11. The summed E-state index contributed by atoms with van der Waals surface area (Å²) >= 11 is 1.59. The van der Waals surface area contributed by atoms with E-state index in [0.717, 1.165) is 20.9 Å². The molecular formula is C11H11N3S. The van der Waals surface area contributed by atoms with E-state index in [-0.39, 0.29) is 0 Å². The molecule has 0 fully saturated rings. The normalized spacial score (nSPS) is 10.2. The SMILES string of the molecule is CN(C)c1ccc2nc(CC#N)sc2c1. The van der Waals surface area contributed by atoms with E-state index in [2.05, 4.69) is 22.0 Å². The van der Waals surface area contributed by atoms with Crippen LogP contribution in [0.5, 0.6) is 0 Å². The summed E-state index contributed by atoms with van der Waals surface area (Å²) in [5.41, 5.74) is 2.14. The molecule has 0 aliphatic carbocycles. The average molecular weight is 217 g/mol. The fraction of sp³-hybridized carbons (Fsp3) is 0.273. The highest BCUT2D eigenvalue weighted by molar-refractivity contribution is 7.18. The predicted octanol–water partition coefficient (Wildman–Crippen LogP) is 2.43. The van der Waals surface area contributed by atoms with Crippen molar-refractivity contribution in [3.8, 4) is 6.07 Å². The molecule has 1 aromatic heterocycles. The zero-order valence-electron chi connectivity index (χ0n) is 8.69. The van der Waals surface area contributed by atoms with Gasteiger partial charge in [-0.1, -0.05) is 0 Å². The Hall–Kier alpha value is -1.60. The second-order valence-electron chi connectivity index (χ2n) is 3.49. The lowest BCUT2D eigenvalue weighted by atomic mass is 10.3. The van der Waals surface area contributed by atoms with Crippen LogP contribution < -0.4 is 4.90 Å². The Morgan fingerprint density at radius 2 is 2.27 bits per heavy atom. The molecule has 76 valence electrons. The van der Waals surface area contributed by atoms with E-state index in [1.807, 2.05) is 26.2 Å². The summed E-state index contributed by atoms with van der Waals surface area (Å²) in [6, 6.07) is 8.27. The summed E-state index contributed by atoms with van der Waals surface area (Å²) in [6.07, 6.45) is 0.399. The van der Waals surface area contributed by atoms with E-state index in [1.54, 1.807) is 11.3 Å². The van der Waals surface area contributed by atoms with Crippen LogP contribution in [0.15, 0.2) is 18.2 Å². The predicted molar refractivity (Wildman–Crippen MR) is 63.3 cm³/mol. The molecule has 1 heterocycles. The largest absolute Gasteiger partial charge is 0.378 e. The molecule has 0 spiro atoms. The van der Waals surface area contributed by atoms with Gasteiger partial charge >= 0.3 is 0 Å². The number of benzene rings is 1. The van der Waals surface area contributed by atoms with Crippen LogP contribution in [0.25, 0.3) is 10.2 Å². The van der Waals surface area contributed by atoms with Gasteiger partial charge < -0.3 is 4.90 Å². The first-order valence-electron chi connectivity index (χ1n) is 4.64. The van der Waals surface area contributed by atoms with Gasteiger partial charge in [0.05, 0.1) is 22.7 Å². The number of thiazole rings is 1. The van der Waals surface area contributed by atoms with Crippen molar-refractivity contribution in [3.63, 3.8) is 0 Å². The molecule has 0 unspecified atom stereocenters. The van der Waals surface area contributed by atoms with Crippen molar-refractivity contribution in [3.05, 3.63) is 23.2 Å². The van der Waals surface area contributed by atoms with E-state index in [4.69, 9.17) is 5.26 Å². The minimum Gasteiger partial charge on any atom is -0.378 e. The number of nitrogens with zero attached hydrogens (tertiary/aromatic N) is 3. The Balaban J connectivity index is 2.48. The Bertz CT molecular complexity index is 522. The summed E-state index contributed by atoms with van der Waals surface area (Å²) in [7, 11) is 4.02. The topological polar surface area (TPSA) is 39.9 Å². The number of nitriles is 1. The molecule has 4 heteroatoms. The highest BCUT2D eigenvalue weighted by Crippen LogP contribution is 2.26. The Kier molecular flexibility index (Phi) is 2.57. The van der Waals surface area contributed by atoms with Crippen LogP contribution in [0, 0.1) is 11.3 Å². The zero-order chi connectivity index (χ0) is 10.8. The Morgan fingerprint density at radius 3 is 2.93 bits per heavy atom. The first-order chi connectivity index (χ1) is 7.20. The van der Waals surface area contributed by atoms with Crippen LogP contribution in [-0.4, -0.2) is 19.1 Å². The van der Waals surface area contributed by atoms with E-state index < -0.39 is 0 Å². The highest BCUT2D eigenvalue weighted by Gasteiger charge is 2.04. The van der Waals surface area contributed by atoms with Crippen LogP contribution in [0.2, 0.25) is 0 Å². The van der Waals surface area contributed by atoms with Gasteiger partial charge in [-0.15, -0.1) is 11.3 Å². The van der Waals surface area contributed by atoms with Crippen molar-refractivity contribution in [1.82, 2.24) is 4.98 Å². The highest BCUT2D eigenvalue weighted by atomic mass is 32.1. The first-order valence-corrected chi connectivity index (χ1v) is 5.46. The molecule has 0 saturated carbocycles. The van der Waals surface area contributed by atoms with Gasteiger partial charge in [0.2, 0.25) is 0 Å². The van der Waals surface area contributed by atoms with Crippen molar-refractivity contribution in [2.24, 2.45) is 0 Å². The number of aromatic nitrogens is 1. The van der Waals surface area contributed by atoms with Gasteiger partial charge in [0.25, 0.3) is 0 Å². The molecule has 2 rings (SSSR count). The van der Waals surface area contributed by atoms with Gasteiger partial charge in [-0.05, 0) is 18.2 Å². The Labute approximate surface area is 92.6 Å². The number of hydrogen-bond acceptors (Lipinski definition) is 4. The van der Waals surface area contributed by atoms with E-state index >= 15 is 0 Å². The third kappa shape index (κ3) is 1.92. The van der Waals surface area contributed by atoms with Gasteiger partial charge in [0.1, 0.15) is 5.01 Å². The van der Waals surface area contributed by atoms with Crippen molar-refractivity contribution < 1.29 is 0 Å². The summed E-state index contributed by atoms with van der Waals surface area (Å²) in [4.78, 5) is 6.44. The van der Waals surface area contributed by atoms with Gasteiger partial charge in [-0.25, -0.2) is 4.98 Å². The fourth-order valence-electron chi connectivity index (χ4n) is 1.38. The molecular weight excluding hydrogens is 206 g/mol. The lowest BCUT2D eigenvalue weighted by Crippen LogP contribution is -2.07. The van der Waals surface area contributed by atoms with Crippen LogP contribution in [0.1, 0.15) is 5.01 Å². The van der Waals surface area contributed by atoms with Gasteiger partial charge in [0.15, 0.2) is 0 Å². The minimum absolute atomic E-state index is 0.399. The first kappa shape index (κ1) is 9.94. The molecule has 0 aliphatic heterocycles. The number of hydrogen-bond donors (Lipinski definition) is 0. The number of fused-ring (bicyclic) bond motifs is 1. The lowest BCUT2D eigenvalue weighted by molar-refractivity contribution is 1.13. The second kappa shape index (κ2) is 3.87. The van der Waals surface area contributed by atoms with Crippen LogP contribution in [-0.2, 0) is 6.42 Å². The standard InChI is InChI=1S/C11H11N3S/c1-14(2)8-3-4-9-10(7-8)15-11(13-9)5-6-12/h3-4,7H,5H2,1-2H3. The van der Waals surface area contributed by atoms with Gasteiger partial charge in [-0.3, -0.25) is 0 Å². The van der Waals surface area contributed by atoms with Gasteiger partial charge in [0, 0.05) is 19.8 Å². The zero-order valence-corrected chi connectivity index (χ0v) is 9.51. The fourth-order valence-corrected chi connectivity index (χ4v) is 2.31. The molecule has 0 atom stereocenters.